The minimum Gasteiger partial charge on any atom is -0.495 e. The predicted octanol–water partition coefficient (Wildman–Crippen LogP) is 1.58. The number of nitro benzene ring substituents is 1. The van der Waals surface area contributed by atoms with Crippen molar-refractivity contribution in [2.45, 2.75) is 45.3 Å². The molecule has 1 aliphatic rings. The van der Waals surface area contributed by atoms with Crippen molar-refractivity contribution in [3.8, 4) is 5.75 Å². The average molecular weight is 436 g/mol. The number of nitro groups is 1. The zero-order valence-electron chi connectivity index (χ0n) is 17.6. The van der Waals surface area contributed by atoms with Crippen LogP contribution in [-0.2, 0) is 19.1 Å². The maximum atomic E-state index is 12.5. The quantitative estimate of drug-likeness (QED) is 0.256. The van der Waals surface area contributed by atoms with Crippen molar-refractivity contribution >= 4 is 35.2 Å². The summed E-state index contributed by atoms with van der Waals surface area (Å²) < 4.78 is 10.1. The van der Waals surface area contributed by atoms with Gasteiger partial charge < -0.3 is 20.1 Å². The first-order chi connectivity index (χ1) is 14.6. The molecule has 168 valence electrons. The highest BCUT2D eigenvalue weighted by Crippen LogP contribution is 2.29. The van der Waals surface area contributed by atoms with Gasteiger partial charge in [-0.3, -0.25) is 29.4 Å². The van der Waals surface area contributed by atoms with Crippen molar-refractivity contribution in [1.82, 2.24) is 10.2 Å². The molecule has 1 aromatic rings. The van der Waals surface area contributed by atoms with Gasteiger partial charge in [0.25, 0.3) is 17.5 Å². The minimum atomic E-state index is -1.31. The summed E-state index contributed by atoms with van der Waals surface area (Å²) in [5, 5.41) is 15.9. The molecule has 0 unspecified atom stereocenters. The standard InChI is InChI=1S/C19H24N4O8/c1-5-19(6-2)17(26)22(18(27)21-19)10-15(24)31-11(3)16(25)20-13-9-12(23(28)29)7-8-14(13)30-4/h7-9,11H,5-6,10H2,1-4H3,(H,20,25)(H,21,27)/t11-/m1/s1. The van der Waals surface area contributed by atoms with E-state index in [2.05, 4.69) is 10.6 Å². The smallest absolute Gasteiger partial charge is 0.327 e. The van der Waals surface area contributed by atoms with Crippen LogP contribution < -0.4 is 15.4 Å². The maximum absolute atomic E-state index is 12.5. The van der Waals surface area contributed by atoms with Crippen molar-refractivity contribution in [1.29, 1.82) is 0 Å². The molecular formula is C19H24N4O8. The number of urea groups is 1. The second kappa shape index (κ2) is 9.41. The van der Waals surface area contributed by atoms with E-state index in [9.17, 15) is 29.3 Å². The van der Waals surface area contributed by atoms with Gasteiger partial charge in [-0.1, -0.05) is 13.8 Å². The maximum Gasteiger partial charge on any atom is 0.327 e. The molecule has 1 fully saturated rings. The van der Waals surface area contributed by atoms with Crippen LogP contribution in [0.1, 0.15) is 33.6 Å². The van der Waals surface area contributed by atoms with Gasteiger partial charge in [-0.05, 0) is 25.8 Å². The summed E-state index contributed by atoms with van der Waals surface area (Å²) in [4.78, 5) is 60.3. The summed E-state index contributed by atoms with van der Waals surface area (Å²) in [5.74, 6) is -2.09. The summed E-state index contributed by atoms with van der Waals surface area (Å²) in [6, 6.07) is 2.93. The summed E-state index contributed by atoms with van der Waals surface area (Å²) >= 11 is 0. The SMILES string of the molecule is CCC1(CC)NC(=O)N(CC(=O)O[C@H](C)C(=O)Nc2cc([N+](=O)[O-])ccc2OC)C1=O. The molecule has 2 N–H and O–H groups in total. The van der Waals surface area contributed by atoms with Gasteiger partial charge in [0.15, 0.2) is 6.10 Å². The van der Waals surface area contributed by atoms with Gasteiger partial charge in [-0.15, -0.1) is 0 Å². The number of ether oxygens (including phenoxy) is 2. The molecule has 31 heavy (non-hydrogen) atoms. The Morgan fingerprint density at radius 2 is 1.94 bits per heavy atom. The number of carbonyl (C=O) groups excluding carboxylic acids is 4. The van der Waals surface area contributed by atoms with Gasteiger partial charge in [0.2, 0.25) is 0 Å². The summed E-state index contributed by atoms with van der Waals surface area (Å²) in [7, 11) is 1.32. The van der Waals surface area contributed by atoms with Crippen LogP contribution >= 0.6 is 0 Å². The molecule has 0 saturated carbocycles. The van der Waals surface area contributed by atoms with E-state index in [0.717, 1.165) is 11.0 Å². The topological polar surface area (TPSA) is 157 Å². The van der Waals surface area contributed by atoms with Crippen molar-refractivity contribution in [2.75, 3.05) is 19.0 Å². The fourth-order valence-electron chi connectivity index (χ4n) is 3.11. The minimum absolute atomic E-state index is 0.0226. The van der Waals surface area contributed by atoms with Gasteiger partial charge in [0, 0.05) is 12.1 Å². The van der Waals surface area contributed by atoms with Crippen molar-refractivity contribution < 1.29 is 33.6 Å². The number of hydrogen-bond acceptors (Lipinski definition) is 8. The molecule has 1 saturated heterocycles. The van der Waals surface area contributed by atoms with Crippen LogP contribution in [0.4, 0.5) is 16.2 Å². The van der Waals surface area contributed by atoms with Gasteiger partial charge in [-0.2, -0.15) is 0 Å². The molecular weight excluding hydrogens is 412 g/mol. The highest BCUT2D eigenvalue weighted by atomic mass is 16.6. The summed E-state index contributed by atoms with van der Waals surface area (Å²) in [6.07, 6.45) is -0.577. The normalized spacial score (nSPS) is 15.8. The Labute approximate surface area is 178 Å². The number of nitrogens with one attached hydrogen (secondary N) is 2. The first-order valence-electron chi connectivity index (χ1n) is 9.55. The number of anilines is 1. The number of amides is 4. The fourth-order valence-corrected chi connectivity index (χ4v) is 3.11. The molecule has 1 aliphatic heterocycles. The number of benzene rings is 1. The third-order valence-corrected chi connectivity index (χ3v) is 5.07. The number of methoxy groups -OCH3 is 1. The molecule has 0 radical (unpaired) electrons. The van der Waals surface area contributed by atoms with Gasteiger partial charge in [0.05, 0.1) is 17.7 Å². The molecule has 1 atom stereocenters. The fraction of sp³-hybridized carbons (Fsp3) is 0.474. The highest BCUT2D eigenvalue weighted by molar-refractivity contribution is 6.08. The van der Waals surface area contributed by atoms with Crippen molar-refractivity contribution in [2.24, 2.45) is 0 Å². The monoisotopic (exact) mass is 436 g/mol. The molecule has 0 aromatic heterocycles. The summed E-state index contributed by atoms with van der Waals surface area (Å²) in [6.45, 7) is 4.13. The number of carbonyl (C=O) groups is 4. The average Bonchev–Trinajstić information content (AvgIpc) is 2.98. The van der Waals surface area contributed by atoms with Crippen LogP contribution in [0.15, 0.2) is 18.2 Å². The van der Waals surface area contributed by atoms with Gasteiger partial charge >= 0.3 is 12.0 Å². The Balaban J connectivity index is 2.03. The lowest BCUT2D eigenvalue weighted by Crippen LogP contribution is -2.46. The number of hydrogen-bond donors (Lipinski definition) is 2. The highest BCUT2D eigenvalue weighted by Gasteiger charge is 2.49. The zero-order valence-corrected chi connectivity index (χ0v) is 17.6. The lowest BCUT2D eigenvalue weighted by Gasteiger charge is -2.23. The molecule has 0 spiro atoms. The van der Waals surface area contributed by atoms with Crippen LogP contribution in [0.2, 0.25) is 0 Å². The lowest BCUT2D eigenvalue weighted by atomic mass is 9.93. The third-order valence-electron chi connectivity index (χ3n) is 5.07. The molecule has 12 nitrogen and oxygen atoms in total. The summed E-state index contributed by atoms with van der Waals surface area (Å²) in [5.41, 5.74) is -1.30. The van der Waals surface area contributed by atoms with E-state index in [-0.39, 0.29) is 17.1 Å². The van der Waals surface area contributed by atoms with Gasteiger partial charge in [-0.25, -0.2) is 4.79 Å². The largest absolute Gasteiger partial charge is 0.495 e. The van der Waals surface area contributed by atoms with E-state index in [1.54, 1.807) is 13.8 Å². The van der Waals surface area contributed by atoms with Crippen molar-refractivity contribution in [3.05, 3.63) is 28.3 Å². The van der Waals surface area contributed by atoms with Crippen LogP contribution in [0.5, 0.6) is 5.75 Å². The van der Waals surface area contributed by atoms with Gasteiger partial charge in [0.1, 0.15) is 17.8 Å². The molecule has 1 heterocycles. The van der Waals surface area contributed by atoms with E-state index in [1.165, 1.54) is 26.2 Å². The Bertz CT molecular complexity index is 912. The van der Waals surface area contributed by atoms with Crippen LogP contribution in [0.25, 0.3) is 0 Å². The Hall–Kier alpha value is -3.70. The lowest BCUT2D eigenvalue weighted by molar-refractivity contribution is -0.384. The number of esters is 1. The number of imide groups is 1. The van der Waals surface area contributed by atoms with Crippen molar-refractivity contribution in [3.63, 3.8) is 0 Å². The molecule has 1 aromatic carbocycles. The molecule has 4 amide bonds. The van der Waals surface area contributed by atoms with E-state index >= 15 is 0 Å². The third kappa shape index (κ3) is 4.90. The second-order valence-corrected chi connectivity index (χ2v) is 6.87. The first-order valence-corrected chi connectivity index (χ1v) is 9.55. The Morgan fingerprint density at radius 1 is 1.29 bits per heavy atom. The predicted molar refractivity (Wildman–Crippen MR) is 107 cm³/mol. The first kappa shape index (κ1) is 23.6. The second-order valence-electron chi connectivity index (χ2n) is 6.87. The van der Waals surface area contributed by atoms with E-state index in [1.807, 2.05) is 0 Å². The number of non-ortho nitro benzene ring substituents is 1. The van der Waals surface area contributed by atoms with Crippen LogP contribution in [-0.4, -0.2) is 58.9 Å². The number of rotatable bonds is 9. The Morgan fingerprint density at radius 3 is 2.45 bits per heavy atom. The number of nitrogens with zero attached hydrogens (tertiary/aromatic N) is 2. The molecule has 2 rings (SSSR count). The zero-order chi connectivity index (χ0) is 23.3. The van der Waals surface area contributed by atoms with Crippen LogP contribution in [0, 0.1) is 10.1 Å². The molecule has 12 heteroatoms. The van der Waals surface area contributed by atoms with Crippen LogP contribution in [0.3, 0.4) is 0 Å². The molecule has 0 bridgehead atoms. The Kier molecular flexibility index (Phi) is 7.16. The van der Waals surface area contributed by atoms with E-state index in [4.69, 9.17) is 9.47 Å². The van der Waals surface area contributed by atoms with E-state index in [0.29, 0.717) is 12.8 Å². The van der Waals surface area contributed by atoms with E-state index < -0.39 is 46.9 Å². The molecule has 0 aliphatic carbocycles.